The number of fused-ring (bicyclic) bond motifs is 5. The average Bonchev–Trinajstić information content (AvgIpc) is 3.08. The van der Waals surface area contributed by atoms with Crippen LogP contribution in [0, 0.1) is 23.7 Å². The molecule has 3 aliphatic carbocycles. The van der Waals surface area contributed by atoms with E-state index in [4.69, 9.17) is 0 Å². The van der Waals surface area contributed by atoms with E-state index >= 15 is 0 Å². The molecule has 18 heavy (non-hydrogen) atoms. The van der Waals surface area contributed by atoms with Gasteiger partial charge in [-0.25, -0.2) is 0 Å². The molecule has 0 aliphatic heterocycles. The molecule has 2 bridgehead atoms. The van der Waals surface area contributed by atoms with Crippen molar-refractivity contribution in [2.45, 2.75) is 44.7 Å². The molecule has 0 radical (unpaired) electrons. The van der Waals surface area contributed by atoms with Crippen LogP contribution >= 0.6 is 0 Å². The Morgan fingerprint density at radius 3 is 3.00 bits per heavy atom. The Morgan fingerprint density at radius 2 is 2.17 bits per heavy atom. The maximum Gasteiger partial charge on any atom is 0.0762 e. The summed E-state index contributed by atoms with van der Waals surface area (Å²) in [5.74, 6) is 4.18. The largest absolute Gasteiger partial charge is 0.308 e. The van der Waals surface area contributed by atoms with Crippen LogP contribution in [0.15, 0.2) is 12.3 Å². The number of aromatic nitrogens is 2. The minimum Gasteiger partial charge on any atom is -0.308 e. The summed E-state index contributed by atoms with van der Waals surface area (Å²) in [4.78, 5) is 0. The number of rotatable bonds is 3. The molecular formula is C15H23N3. The van der Waals surface area contributed by atoms with Crippen molar-refractivity contribution in [2.75, 3.05) is 0 Å². The van der Waals surface area contributed by atoms with Gasteiger partial charge in [-0.05, 0) is 55.4 Å². The summed E-state index contributed by atoms with van der Waals surface area (Å²) in [6.07, 6.45) is 9.50. The van der Waals surface area contributed by atoms with E-state index in [1.165, 1.54) is 37.8 Å². The predicted molar refractivity (Wildman–Crippen MR) is 70.9 cm³/mol. The summed E-state index contributed by atoms with van der Waals surface area (Å²) in [6.45, 7) is 0.951. The Morgan fingerprint density at radius 1 is 1.28 bits per heavy atom. The van der Waals surface area contributed by atoms with Crippen molar-refractivity contribution in [3.63, 3.8) is 0 Å². The van der Waals surface area contributed by atoms with Crippen LogP contribution in [0.2, 0.25) is 0 Å². The zero-order chi connectivity index (χ0) is 12.1. The molecule has 3 heteroatoms. The fourth-order valence-corrected chi connectivity index (χ4v) is 5.10. The van der Waals surface area contributed by atoms with Crippen LogP contribution in [-0.2, 0) is 13.6 Å². The number of hydrogen-bond donors (Lipinski definition) is 1. The molecule has 98 valence electrons. The highest BCUT2D eigenvalue weighted by molar-refractivity contribution is 5.06. The number of nitrogens with zero attached hydrogens (tertiary/aromatic N) is 2. The maximum absolute atomic E-state index is 4.45. The van der Waals surface area contributed by atoms with Gasteiger partial charge in [-0.1, -0.05) is 6.42 Å². The van der Waals surface area contributed by atoms with Crippen LogP contribution in [0.3, 0.4) is 0 Å². The molecule has 0 spiro atoms. The summed E-state index contributed by atoms with van der Waals surface area (Å²) < 4.78 is 1.89. The number of aryl methyl sites for hydroxylation is 1. The van der Waals surface area contributed by atoms with E-state index in [1.54, 1.807) is 0 Å². The summed E-state index contributed by atoms with van der Waals surface area (Å²) >= 11 is 0. The van der Waals surface area contributed by atoms with Crippen molar-refractivity contribution in [3.8, 4) is 0 Å². The van der Waals surface area contributed by atoms with Crippen molar-refractivity contribution >= 4 is 0 Å². The summed E-state index contributed by atoms with van der Waals surface area (Å²) in [5, 5.41) is 8.23. The summed E-state index contributed by atoms with van der Waals surface area (Å²) in [7, 11) is 1.99. The zero-order valence-electron chi connectivity index (χ0n) is 11.2. The smallest absolute Gasteiger partial charge is 0.0762 e. The van der Waals surface area contributed by atoms with Gasteiger partial charge in [0.05, 0.1) is 5.69 Å². The van der Waals surface area contributed by atoms with E-state index in [9.17, 15) is 0 Å². The molecule has 5 unspecified atom stereocenters. The molecule has 1 aromatic heterocycles. The third-order valence-corrected chi connectivity index (χ3v) is 5.74. The highest BCUT2D eigenvalue weighted by atomic mass is 15.3. The monoisotopic (exact) mass is 245 g/mol. The molecule has 1 heterocycles. The molecule has 1 N–H and O–H groups in total. The van der Waals surface area contributed by atoms with E-state index in [1.807, 2.05) is 17.9 Å². The van der Waals surface area contributed by atoms with Gasteiger partial charge < -0.3 is 5.32 Å². The van der Waals surface area contributed by atoms with Gasteiger partial charge in [0.25, 0.3) is 0 Å². The Bertz CT molecular complexity index is 439. The van der Waals surface area contributed by atoms with Gasteiger partial charge in [0.15, 0.2) is 0 Å². The van der Waals surface area contributed by atoms with Crippen LogP contribution in [0.25, 0.3) is 0 Å². The first kappa shape index (κ1) is 11.0. The Kier molecular flexibility index (Phi) is 2.51. The molecule has 1 aromatic rings. The third-order valence-electron chi connectivity index (χ3n) is 5.74. The first-order chi connectivity index (χ1) is 8.81. The van der Waals surface area contributed by atoms with Gasteiger partial charge in [0, 0.05) is 25.8 Å². The Balaban J connectivity index is 1.39. The SMILES string of the molecule is Cn1ccc(CNC2CC3CC2C2CCCC32)n1. The van der Waals surface area contributed by atoms with Crippen LogP contribution < -0.4 is 5.32 Å². The lowest BCUT2D eigenvalue weighted by atomic mass is 9.79. The fourth-order valence-electron chi connectivity index (χ4n) is 5.10. The molecule has 3 nitrogen and oxygen atoms in total. The van der Waals surface area contributed by atoms with E-state index in [-0.39, 0.29) is 0 Å². The second-order valence-electron chi connectivity index (χ2n) is 6.62. The topological polar surface area (TPSA) is 29.9 Å². The molecule has 0 amide bonds. The van der Waals surface area contributed by atoms with E-state index in [0.29, 0.717) is 0 Å². The molecule has 0 aromatic carbocycles. The lowest BCUT2D eigenvalue weighted by Gasteiger charge is -2.32. The predicted octanol–water partition coefficient (Wildman–Crippen LogP) is 2.33. The van der Waals surface area contributed by atoms with Crippen molar-refractivity contribution in [1.29, 1.82) is 0 Å². The van der Waals surface area contributed by atoms with Gasteiger partial charge in [-0.2, -0.15) is 5.10 Å². The lowest BCUT2D eigenvalue weighted by molar-refractivity contribution is 0.207. The Hall–Kier alpha value is -0.830. The molecule has 4 rings (SSSR count). The van der Waals surface area contributed by atoms with Crippen molar-refractivity contribution < 1.29 is 0 Å². The summed E-state index contributed by atoms with van der Waals surface area (Å²) in [6, 6.07) is 2.90. The Labute approximate surface area is 109 Å². The van der Waals surface area contributed by atoms with E-state index in [0.717, 1.165) is 36.3 Å². The zero-order valence-corrected chi connectivity index (χ0v) is 11.2. The van der Waals surface area contributed by atoms with Crippen molar-refractivity contribution in [2.24, 2.45) is 30.7 Å². The average molecular weight is 245 g/mol. The van der Waals surface area contributed by atoms with E-state index in [2.05, 4.69) is 16.5 Å². The van der Waals surface area contributed by atoms with Crippen LogP contribution in [0.1, 0.15) is 37.8 Å². The normalized spacial score (nSPS) is 41.5. The molecule has 3 fully saturated rings. The standard InChI is InChI=1S/C15H23N3/c1-18-6-5-11(17-18)9-16-15-8-10-7-14(15)13-4-2-3-12(10)13/h5-6,10,12-16H,2-4,7-9H2,1H3. The highest BCUT2D eigenvalue weighted by Crippen LogP contribution is 2.58. The quantitative estimate of drug-likeness (QED) is 0.886. The molecular weight excluding hydrogens is 222 g/mol. The minimum atomic E-state index is 0.774. The lowest BCUT2D eigenvalue weighted by Crippen LogP contribution is -2.39. The first-order valence-corrected chi connectivity index (χ1v) is 7.53. The molecule has 0 saturated heterocycles. The van der Waals surface area contributed by atoms with Gasteiger partial charge in [0.1, 0.15) is 0 Å². The first-order valence-electron chi connectivity index (χ1n) is 7.53. The van der Waals surface area contributed by atoms with Gasteiger partial charge in [-0.15, -0.1) is 0 Å². The van der Waals surface area contributed by atoms with Crippen molar-refractivity contribution in [3.05, 3.63) is 18.0 Å². The minimum absolute atomic E-state index is 0.774. The molecule has 5 atom stereocenters. The molecule has 3 saturated carbocycles. The second-order valence-corrected chi connectivity index (χ2v) is 6.62. The van der Waals surface area contributed by atoms with Gasteiger partial charge in [0.2, 0.25) is 0 Å². The van der Waals surface area contributed by atoms with Crippen LogP contribution in [0.4, 0.5) is 0 Å². The van der Waals surface area contributed by atoms with Crippen molar-refractivity contribution in [1.82, 2.24) is 15.1 Å². The van der Waals surface area contributed by atoms with Crippen LogP contribution in [-0.4, -0.2) is 15.8 Å². The van der Waals surface area contributed by atoms with Gasteiger partial charge >= 0.3 is 0 Å². The maximum atomic E-state index is 4.45. The third kappa shape index (κ3) is 1.63. The second kappa shape index (κ2) is 4.09. The van der Waals surface area contributed by atoms with Crippen LogP contribution in [0.5, 0.6) is 0 Å². The number of hydrogen-bond acceptors (Lipinski definition) is 2. The summed E-state index contributed by atoms with van der Waals surface area (Å²) in [5.41, 5.74) is 1.18. The van der Waals surface area contributed by atoms with Gasteiger partial charge in [-0.3, -0.25) is 4.68 Å². The fraction of sp³-hybridized carbons (Fsp3) is 0.800. The van der Waals surface area contributed by atoms with E-state index < -0.39 is 0 Å². The highest BCUT2D eigenvalue weighted by Gasteiger charge is 2.53. The molecule has 3 aliphatic rings. The number of nitrogens with one attached hydrogen (secondary N) is 1.